The van der Waals surface area contributed by atoms with Gasteiger partial charge < -0.3 is 4.74 Å². The number of ether oxygens (including phenoxy) is 1. The molecule has 10 heavy (non-hydrogen) atoms. The van der Waals surface area contributed by atoms with E-state index in [0.29, 0.717) is 18.6 Å². The van der Waals surface area contributed by atoms with Gasteiger partial charge in [0, 0.05) is 0 Å². The summed E-state index contributed by atoms with van der Waals surface area (Å²) in [7, 11) is 0. The first-order valence-electron chi connectivity index (χ1n) is 3.24. The molecule has 0 saturated heterocycles. The lowest BCUT2D eigenvalue weighted by molar-refractivity contribution is -0.140. The standard InChI is InChI=1S/C7H9FO2/c1-5-3-2-4-10-7(9)6(5)8/h2-4H2,1H3. The number of halogens is 1. The van der Waals surface area contributed by atoms with E-state index < -0.39 is 11.8 Å². The van der Waals surface area contributed by atoms with Crippen LogP contribution in [0.4, 0.5) is 4.39 Å². The lowest BCUT2D eigenvalue weighted by Gasteiger charge is -1.95. The number of esters is 1. The van der Waals surface area contributed by atoms with E-state index in [1.54, 1.807) is 6.92 Å². The summed E-state index contributed by atoms with van der Waals surface area (Å²) in [5, 5.41) is 0. The second-order valence-electron chi connectivity index (χ2n) is 2.33. The molecule has 2 nitrogen and oxygen atoms in total. The summed E-state index contributed by atoms with van der Waals surface area (Å²) >= 11 is 0. The maximum absolute atomic E-state index is 12.6. The number of rotatable bonds is 0. The molecule has 0 radical (unpaired) electrons. The maximum Gasteiger partial charge on any atom is 0.367 e. The van der Waals surface area contributed by atoms with E-state index in [-0.39, 0.29) is 0 Å². The van der Waals surface area contributed by atoms with Crippen LogP contribution in [0.25, 0.3) is 0 Å². The molecule has 1 rings (SSSR count). The summed E-state index contributed by atoms with van der Waals surface area (Å²) in [4.78, 5) is 10.6. The van der Waals surface area contributed by atoms with Gasteiger partial charge in [-0.3, -0.25) is 0 Å². The van der Waals surface area contributed by atoms with Gasteiger partial charge in [-0.15, -0.1) is 0 Å². The number of allylic oxidation sites excluding steroid dienone is 1. The zero-order valence-electron chi connectivity index (χ0n) is 5.82. The van der Waals surface area contributed by atoms with Gasteiger partial charge in [-0.05, 0) is 25.3 Å². The second-order valence-corrected chi connectivity index (χ2v) is 2.33. The molecule has 1 aliphatic heterocycles. The minimum atomic E-state index is -0.810. The summed E-state index contributed by atoms with van der Waals surface area (Å²) in [6.45, 7) is 1.95. The third-order valence-corrected chi connectivity index (χ3v) is 1.48. The van der Waals surface area contributed by atoms with E-state index in [1.165, 1.54) is 0 Å². The Balaban J connectivity index is 2.79. The Morgan fingerprint density at radius 2 is 2.30 bits per heavy atom. The van der Waals surface area contributed by atoms with Crippen molar-refractivity contribution in [1.82, 2.24) is 0 Å². The van der Waals surface area contributed by atoms with Crippen molar-refractivity contribution in [3.05, 3.63) is 11.4 Å². The fraction of sp³-hybridized carbons (Fsp3) is 0.571. The third-order valence-electron chi connectivity index (χ3n) is 1.48. The Kier molecular flexibility index (Phi) is 2.04. The van der Waals surface area contributed by atoms with Crippen LogP contribution in [0.5, 0.6) is 0 Å². The Morgan fingerprint density at radius 3 is 3.00 bits per heavy atom. The predicted octanol–water partition coefficient (Wildman–Crippen LogP) is 1.57. The van der Waals surface area contributed by atoms with Crippen LogP contribution in [-0.4, -0.2) is 12.6 Å². The van der Waals surface area contributed by atoms with Crippen LogP contribution in [0.3, 0.4) is 0 Å². The van der Waals surface area contributed by atoms with Crippen molar-refractivity contribution in [1.29, 1.82) is 0 Å². The van der Waals surface area contributed by atoms with Gasteiger partial charge in [-0.2, -0.15) is 4.39 Å². The molecule has 0 fully saturated rings. The summed E-state index contributed by atoms with van der Waals surface area (Å²) in [5.41, 5.74) is 0.502. The molecule has 0 N–H and O–H groups in total. The summed E-state index contributed by atoms with van der Waals surface area (Å²) in [5.74, 6) is -1.52. The zero-order valence-corrected chi connectivity index (χ0v) is 5.82. The highest BCUT2D eigenvalue weighted by atomic mass is 19.1. The molecule has 3 heteroatoms. The monoisotopic (exact) mass is 144 g/mol. The van der Waals surface area contributed by atoms with E-state index in [1.807, 2.05) is 0 Å². The van der Waals surface area contributed by atoms with Gasteiger partial charge >= 0.3 is 5.97 Å². The smallest absolute Gasteiger partial charge is 0.367 e. The molecule has 0 bridgehead atoms. The highest BCUT2D eigenvalue weighted by Crippen LogP contribution is 2.16. The van der Waals surface area contributed by atoms with Crippen molar-refractivity contribution in [3.8, 4) is 0 Å². The Hall–Kier alpha value is -0.860. The molecule has 0 aromatic heterocycles. The first-order chi connectivity index (χ1) is 4.72. The van der Waals surface area contributed by atoms with Crippen LogP contribution in [0.2, 0.25) is 0 Å². The summed E-state index contributed by atoms with van der Waals surface area (Å²) in [6, 6.07) is 0. The highest BCUT2D eigenvalue weighted by molar-refractivity contribution is 5.86. The molecular weight excluding hydrogens is 135 g/mol. The predicted molar refractivity (Wildman–Crippen MR) is 34.0 cm³/mol. The van der Waals surface area contributed by atoms with E-state index in [4.69, 9.17) is 0 Å². The summed E-state index contributed by atoms with van der Waals surface area (Å²) < 4.78 is 17.1. The van der Waals surface area contributed by atoms with E-state index in [2.05, 4.69) is 4.74 Å². The largest absolute Gasteiger partial charge is 0.460 e. The van der Waals surface area contributed by atoms with Crippen LogP contribution < -0.4 is 0 Å². The van der Waals surface area contributed by atoms with Crippen LogP contribution in [0.1, 0.15) is 19.8 Å². The minimum Gasteiger partial charge on any atom is -0.460 e. The molecule has 0 aliphatic carbocycles. The van der Waals surface area contributed by atoms with Crippen LogP contribution >= 0.6 is 0 Å². The molecule has 0 aromatic carbocycles. The average Bonchev–Trinajstić information content (AvgIpc) is 2.04. The average molecular weight is 144 g/mol. The molecule has 1 aliphatic rings. The van der Waals surface area contributed by atoms with Crippen molar-refractivity contribution in [2.24, 2.45) is 0 Å². The number of hydrogen-bond donors (Lipinski definition) is 0. The minimum absolute atomic E-state index is 0.337. The van der Waals surface area contributed by atoms with Crippen molar-refractivity contribution in [3.63, 3.8) is 0 Å². The topological polar surface area (TPSA) is 26.3 Å². The first kappa shape index (κ1) is 7.25. The van der Waals surface area contributed by atoms with Gasteiger partial charge in [0.05, 0.1) is 6.61 Å². The Morgan fingerprint density at radius 1 is 1.60 bits per heavy atom. The van der Waals surface area contributed by atoms with Gasteiger partial charge in [-0.25, -0.2) is 4.79 Å². The Labute approximate surface area is 58.7 Å². The van der Waals surface area contributed by atoms with E-state index >= 15 is 0 Å². The normalized spacial score (nSPS) is 20.4. The molecule has 56 valence electrons. The maximum atomic E-state index is 12.6. The van der Waals surface area contributed by atoms with Gasteiger partial charge in [0.2, 0.25) is 5.83 Å². The quantitative estimate of drug-likeness (QED) is 0.482. The van der Waals surface area contributed by atoms with Crippen molar-refractivity contribution in [2.45, 2.75) is 19.8 Å². The van der Waals surface area contributed by atoms with Gasteiger partial charge in [0.25, 0.3) is 0 Å². The number of hydrogen-bond acceptors (Lipinski definition) is 2. The lowest BCUT2D eigenvalue weighted by atomic mass is 10.2. The van der Waals surface area contributed by atoms with E-state index in [9.17, 15) is 9.18 Å². The second kappa shape index (κ2) is 2.82. The first-order valence-corrected chi connectivity index (χ1v) is 3.24. The van der Waals surface area contributed by atoms with E-state index in [0.717, 1.165) is 6.42 Å². The van der Waals surface area contributed by atoms with Gasteiger partial charge in [-0.1, -0.05) is 0 Å². The lowest BCUT2D eigenvalue weighted by Crippen LogP contribution is -2.03. The van der Waals surface area contributed by atoms with Gasteiger partial charge in [0.15, 0.2) is 0 Å². The number of carbonyl (C=O) groups is 1. The molecule has 0 unspecified atom stereocenters. The fourth-order valence-corrected chi connectivity index (χ4v) is 0.850. The van der Waals surface area contributed by atoms with Crippen LogP contribution in [0, 0.1) is 0 Å². The van der Waals surface area contributed by atoms with Gasteiger partial charge in [0.1, 0.15) is 0 Å². The number of cyclic esters (lactones) is 1. The fourth-order valence-electron chi connectivity index (χ4n) is 0.850. The molecule has 0 amide bonds. The third kappa shape index (κ3) is 1.35. The molecular formula is C7H9FO2. The van der Waals surface area contributed by atoms with Crippen molar-refractivity contribution >= 4 is 5.97 Å². The Bertz CT molecular complexity index is 184. The van der Waals surface area contributed by atoms with Crippen LogP contribution in [-0.2, 0) is 9.53 Å². The van der Waals surface area contributed by atoms with Crippen molar-refractivity contribution in [2.75, 3.05) is 6.61 Å². The molecule has 0 saturated carbocycles. The number of carbonyl (C=O) groups excluding carboxylic acids is 1. The van der Waals surface area contributed by atoms with Crippen LogP contribution in [0.15, 0.2) is 11.4 Å². The molecule has 1 heterocycles. The zero-order chi connectivity index (χ0) is 7.56. The van der Waals surface area contributed by atoms with Crippen molar-refractivity contribution < 1.29 is 13.9 Å². The molecule has 0 spiro atoms. The molecule has 0 atom stereocenters. The summed E-state index contributed by atoms with van der Waals surface area (Å²) in [6.07, 6.45) is 1.35. The highest BCUT2D eigenvalue weighted by Gasteiger charge is 2.16. The molecule has 0 aromatic rings. The SMILES string of the molecule is CC1=C(F)C(=O)OCCC1.